The highest BCUT2D eigenvalue weighted by molar-refractivity contribution is 5.72. The van der Waals surface area contributed by atoms with Gasteiger partial charge in [-0.05, 0) is 77.0 Å². The number of esters is 3. The topological polar surface area (TPSA) is 78.9 Å². The molecule has 0 fully saturated rings. The van der Waals surface area contributed by atoms with Crippen LogP contribution in [0.3, 0.4) is 0 Å². The zero-order valence-corrected chi connectivity index (χ0v) is 33.8. The van der Waals surface area contributed by atoms with E-state index in [1.54, 1.807) is 6.08 Å². The first kappa shape index (κ1) is 49.1. The molecule has 0 heterocycles. The number of allylic oxidation sites excluding steroid dienone is 9. The zero-order valence-electron chi connectivity index (χ0n) is 33.8. The Labute approximate surface area is 320 Å². The fourth-order valence-electron chi connectivity index (χ4n) is 5.53. The van der Waals surface area contributed by atoms with Crippen molar-refractivity contribution in [2.24, 2.45) is 0 Å². The summed E-state index contributed by atoms with van der Waals surface area (Å²) in [5.74, 6) is -1.07. The van der Waals surface area contributed by atoms with E-state index in [-0.39, 0.29) is 31.6 Å². The molecule has 52 heavy (non-hydrogen) atoms. The van der Waals surface area contributed by atoms with Crippen molar-refractivity contribution in [2.45, 2.75) is 200 Å². The third-order valence-electron chi connectivity index (χ3n) is 8.76. The summed E-state index contributed by atoms with van der Waals surface area (Å²) >= 11 is 0. The molecule has 0 aliphatic rings. The summed E-state index contributed by atoms with van der Waals surface area (Å²) in [5.41, 5.74) is 0. The number of rotatable bonds is 37. The van der Waals surface area contributed by atoms with Crippen LogP contribution in [-0.2, 0) is 28.6 Å². The van der Waals surface area contributed by atoms with Gasteiger partial charge < -0.3 is 14.2 Å². The minimum atomic E-state index is -0.815. The molecule has 6 nitrogen and oxygen atoms in total. The second kappa shape index (κ2) is 40.9. The van der Waals surface area contributed by atoms with Crippen LogP contribution in [0, 0.1) is 0 Å². The van der Waals surface area contributed by atoms with E-state index in [2.05, 4.69) is 69.4 Å². The lowest BCUT2D eigenvalue weighted by Crippen LogP contribution is -2.30. The first-order valence-electron chi connectivity index (χ1n) is 21.3. The quantitative estimate of drug-likeness (QED) is 0.0274. The predicted octanol–water partition coefficient (Wildman–Crippen LogP) is 13.4. The lowest BCUT2D eigenvalue weighted by Gasteiger charge is -2.18. The van der Waals surface area contributed by atoms with E-state index in [1.807, 2.05) is 6.08 Å². The van der Waals surface area contributed by atoms with Crippen molar-refractivity contribution in [1.82, 2.24) is 0 Å². The molecular weight excluding hydrogens is 649 g/mol. The third kappa shape index (κ3) is 38.3. The molecule has 0 amide bonds. The van der Waals surface area contributed by atoms with Crippen molar-refractivity contribution in [1.29, 1.82) is 0 Å². The van der Waals surface area contributed by atoms with Crippen LogP contribution in [0.5, 0.6) is 0 Å². The van der Waals surface area contributed by atoms with Crippen LogP contribution >= 0.6 is 0 Å². The normalized spacial score (nSPS) is 12.6. The van der Waals surface area contributed by atoms with Crippen molar-refractivity contribution >= 4 is 17.9 Å². The first-order valence-corrected chi connectivity index (χ1v) is 21.3. The molecule has 0 saturated heterocycles. The Hall–Kier alpha value is -2.89. The van der Waals surface area contributed by atoms with Gasteiger partial charge in [-0.2, -0.15) is 0 Å². The van der Waals surface area contributed by atoms with Gasteiger partial charge in [0.1, 0.15) is 13.2 Å². The SMILES string of the molecule is CC/C=C\C/C=C\C/C=C\CC(=O)OCC(COC(=O)CCCCC/C=C\CCCCCCCCC)OC(=O)CCCCCCC/C=C\CCCC. The summed E-state index contributed by atoms with van der Waals surface area (Å²) in [6.45, 7) is 6.33. The van der Waals surface area contributed by atoms with Gasteiger partial charge in [0.25, 0.3) is 0 Å². The summed E-state index contributed by atoms with van der Waals surface area (Å²) in [5, 5.41) is 0. The van der Waals surface area contributed by atoms with Gasteiger partial charge in [0, 0.05) is 12.8 Å². The smallest absolute Gasteiger partial charge is 0.309 e. The molecule has 0 aromatic carbocycles. The maximum atomic E-state index is 12.6. The van der Waals surface area contributed by atoms with Gasteiger partial charge >= 0.3 is 17.9 Å². The van der Waals surface area contributed by atoms with Crippen LogP contribution in [-0.4, -0.2) is 37.2 Å². The number of hydrogen-bond donors (Lipinski definition) is 0. The van der Waals surface area contributed by atoms with Crippen LogP contribution in [0.1, 0.15) is 194 Å². The molecule has 6 heteroatoms. The lowest BCUT2D eigenvalue weighted by molar-refractivity contribution is -0.166. The van der Waals surface area contributed by atoms with Crippen LogP contribution in [0.4, 0.5) is 0 Å². The Balaban J connectivity index is 4.47. The summed E-state index contributed by atoms with van der Waals surface area (Å²) in [4.78, 5) is 37.5. The molecule has 298 valence electrons. The number of hydrogen-bond acceptors (Lipinski definition) is 6. The van der Waals surface area contributed by atoms with Crippen LogP contribution in [0.2, 0.25) is 0 Å². The average Bonchev–Trinajstić information content (AvgIpc) is 3.14. The molecule has 1 atom stereocenters. The fourth-order valence-corrected chi connectivity index (χ4v) is 5.53. The Morgan fingerprint density at radius 2 is 0.846 bits per heavy atom. The predicted molar refractivity (Wildman–Crippen MR) is 219 cm³/mol. The molecule has 0 bridgehead atoms. The summed E-state index contributed by atoms with van der Waals surface area (Å²) < 4.78 is 16.5. The molecule has 0 aliphatic heterocycles. The van der Waals surface area contributed by atoms with Crippen molar-refractivity contribution in [2.75, 3.05) is 13.2 Å². The second-order valence-corrected chi connectivity index (χ2v) is 13.9. The minimum absolute atomic E-state index is 0.113. The molecule has 0 N–H and O–H groups in total. The van der Waals surface area contributed by atoms with Gasteiger partial charge in [-0.1, -0.05) is 159 Å². The van der Waals surface area contributed by atoms with E-state index < -0.39 is 12.1 Å². The van der Waals surface area contributed by atoms with E-state index in [0.717, 1.165) is 83.5 Å². The first-order chi connectivity index (χ1) is 25.5. The number of carbonyl (C=O) groups is 3. The highest BCUT2D eigenvalue weighted by Gasteiger charge is 2.19. The molecule has 1 unspecified atom stereocenters. The van der Waals surface area contributed by atoms with Crippen molar-refractivity contribution in [3.05, 3.63) is 60.8 Å². The van der Waals surface area contributed by atoms with Gasteiger partial charge in [0.2, 0.25) is 0 Å². The zero-order chi connectivity index (χ0) is 38.0. The molecule has 0 aliphatic carbocycles. The average molecular weight is 727 g/mol. The van der Waals surface area contributed by atoms with Gasteiger partial charge in [-0.3, -0.25) is 14.4 Å². The molecule has 0 rings (SSSR count). The molecule has 0 radical (unpaired) electrons. The molecule has 0 saturated carbocycles. The second-order valence-electron chi connectivity index (χ2n) is 13.9. The van der Waals surface area contributed by atoms with Gasteiger partial charge in [-0.15, -0.1) is 0 Å². The lowest BCUT2D eigenvalue weighted by atomic mass is 10.1. The van der Waals surface area contributed by atoms with Crippen LogP contribution < -0.4 is 0 Å². The largest absolute Gasteiger partial charge is 0.462 e. The minimum Gasteiger partial charge on any atom is -0.462 e. The summed E-state index contributed by atoms with van der Waals surface area (Å²) in [6, 6.07) is 0. The highest BCUT2D eigenvalue weighted by Crippen LogP contribution is 2.12. The van der Waals surface area contributed by atoms with E-state index >= 15 is 0 Å². The molecule has 0 aromatic heterocycles. The van der Waals surface area contributed by atoms with Crippen molar-refractivity contribution in [3.63, 3.8) is 0 Å². The van der Waals surface area contributed by atoms with E-state index in [4.69, 9.17) is 14.2 Å². The van der Waals surface area contributed by atoms with Crippen molar-refractivity contribution < 1.29 is 28.6 Å². The van der Waals surface area contributed by atoms with Crippen molar-refractivity contribution in [3.8, 4) is 0 Å². The number of unbranched alkanes of at least 4 members (excludes halogenated alkanes) is 17. The Kier molecular flexibility index (Phi) is 38.6. The Bertz CT molecular complexity index is 975. The van der Waals surface area contributed by atoms with Gasteiger partial charge in [0.05, 0.1) is 6.42 Å². The maximum Gasteiger partial charge on any atom is 0.309 e. The summed E-state index contributed by atoms with van der Waals surface area (Å²) in [6.07, 6.45) is 48.1. The van der Waals surface area contributed by atoms with E-state index in [9.17, 15) is 14.4 Å². The van der Waals surface area contributed by atoms with Gasteiger partial charge in [-0.25, -0.2) is 0 Å². The van der Waals surface area contributed by atoms with Gasteiger partial charge in [0.15, 0.2) is 6.10 Å². The fraction of sp³-hybridized carbons (Fsp3) is 0.717. The monoisotopic (exact) mass is 727 g/mol. The summed E-state index contributed by atoms with van der Waals surface area (Å²) in [7, 11) is 0. The van der Waals surface area contributed by atoms with E-state index in [0.29, 0.717) is 12.8 Å². The molecular formula is C46H78O6. The van der Waals surface area contributed by atoms with Crippen LogP contribution in [0.15, 0.2) is 60.8 Å². The van der Waals surface area contributed by atoms with Crippen LogP contribution in [0.25, 0.3) is 0 Å². The highest BCUT2D eigenvalue weighted by atomic mass is 16.6. The molecule has 0 aromatic rings. The standard InChI is InChI=1S/C46H78O6/c1-4-7-10-13-16-19-21-22-23-25-27-30-33-36-39-45(48)51-42-43(41-50-44(47)38-35-32-29-26-18-15-12-9-6-3)52-46(49)40-37-34-31-28-24-20-17-14-11-8-5-2/h9,12,14,17-18,23,25-26,32,35,43H,4-8,10-11,13,15-16,19-22,24,27-31,33-34,36-42H2,1-3H3/b12-9-,17-14-,25-23-,26-18-,35-32-. The van der Waals surface area contributed by atoms with E-state index in [1.165, 1.54) is 70.6 Å². The Morgan fingerprint density at radius 3 is 1.40 bits per heavy atom. The maximum absolute atomic E-state index is 12.6. The third-order valence-corrected chi connectivity index (χ3v) is 8.76. The molecule has 0 spiro atoms. The number of carbonyl (C=O) groups excluding carboxylic acids is 3. The Morgan fingerprint density at radius 1 is 0.423 bits per heavy atom. The number of ether oxygens (including phenoxy) is 3.